The van der Waals surface area contributed by atoms with Crippen LogP contribution in [-0.2, 0) is 0 Å². The smallest absolute Gasteiger partial charge is 0.153 e. The van der Waals surface area contributed by atoms with E-state index in [2.05, 4.69) is 0 Å². The molecule has 0 unspecified atom stereocenters. The number of hydrogen-bond acceptors (Lipinski definition) is 3. The van der Waals surface area contributed by atoms with Crippen LogP contribution in [0.15, 0.2) is 30.3 Å². The molecule has 0 spiro atoms. The number of carbonyl (C=O) groups excluding carboxylic acids is 1. The Morgan fingerprint density at radius 1 is 1.07 bits per heavy atom. The highest BCUT2D eigenvalue weighted by atomic mass is 16.3. The predicted octanol–water partition coefficient (Wildman–Crippen LogP) is 2.06. The Kier molecular flexibility index (Phi) is 1.85. The maximum Gasteiger partial charge on any atom is 0.153 e. The van der Waals surface area contributed by atoms with Gasteiger partial charge in [0.05, 0.1) is 5.56 Å². The van der Waals surface area contributed by atoms with E-state index >= 15 is 0 Å². The van der Waals surface area contributed by atoms with E-state index in [0.717, 1.165) is 5.39 Å². The number of phenolic OH excluding ortho intramolecular Hbond substituents is 2. The molecular weight excluding hydrogens is 180 g/mol. The molecule has 0 aliphatic carbocycles. The van der Waals surface area contributed by atoms with Gasteiger partial charge in [0, 0.05) is 5.39 Å². The van der Waals surface area contributed by atoms with Crippen LogP contribution < -0.4 is 0 Å². The van der Waals surface area contributed by atoms with Crippen molar-refractivity contribution >= 4 is 17.1 Å². The maximum absolute atomic E-state index is 10.5. The number of aldehydes is 1. The van der Waals surface area contributed by atoms with E-state index in [9.17, 15) is 15.0 Å². The highest BCUT2D eigenvalue weighted by Gasteiger charge is 2.05. The van der Waals surface area contributed by atoms with Crippen LogP contribution in [0.2, 0.25) is 0 Å². The summed E-state index contributed by atoms with van der Waals surface area (Å²) in [7, 11) is 0. The lowest BCUT2D eigenvalue weighted by Crippen LogP contribution is -1.82. The van der Waals surface area contributed by atoms with Crippen molar-refractivity contribution in [3.8, 4) is 11.5 Å². The Morgan fingerprint density at radius 3 is 2.50 bits per heavy atom. The Bertz CT molecular complexity index is 503. The molecule has 2 aromatic rings. The lowest BCUT2D eigenvalue weighted by Gasteiger charge is -2.03. The third-order valence-electron chi connectivity index (χ3n) is 2.13. The molecule has 2 N–H and O–H groups in total. The second-order valence-corrected chi connectivity index (χ2v) is 3.03. The van der Waals surface area contributed by atoms with Crippen molar-refractivity contribution in [3.63, 3.8) is 0 Å². The highest BCUT2D eigenvalue weighted by molar-refractivity contribution is 5.96. The molecule has 0 heterocycles. The molecule has 0 fully saturated rings. The summed E-state index contributed by atoms with van der Waals surface area (Å²) in [5.74, 6) is -0.0238. The van der Waals surface area contributed by atoms with Gasteiger partial charge in [-0.05, 0) is 23.6 Å². The summed E-state index contributed by atoms with van der Waals surface area (Å²) in [5, 5.41) is 20.1. The first-order chi connectivity index (χ1) is 6.72. The van der Waals surface area contributed by atoms with Crippen molar-refractivity contribution in [1.82, 2.24) is 0 Å². The largest absolute Gasteiger partial charge is 0.508 e. The van der Waals surface area contributed by atoms with Crippen LogP contribution in [0, 0.1) is 0 Å². The summed E-state index contributed by atoms with van der Waals surface area (Å²) in [4.78, 5) is 10.5. The summed E-state index contributed by atoms with van der Waals surface area (Å²) >= 11 is 0. The van der Waals surface area contributed by atoms with Crippen LogP contribution in [0.4, 0.5) is 0 Å². The van der Waals surface area contributed by atoms with Gasteiger partial charge in [0.2, 0.25) is 0 Å². The summed E-state index contributed by atoms with van der Waals surface area (Å²) < 4.78 is 0. The first-order valence-electron chi connectivity index (χ1n) is 4.12. The van der Waals surface area contributed by atoms with Gasteiger partial charge in [0.1, 0.15) is 11.5 Å². The van der Waals surface area contributed by atoms with Crippen molar-refractivity contribution in [2.45, 2.75) is 0 Å². The highest BCUT2D eigenvalue weighted by Crippen LogP contribution is 2.30. The van der Waals surface area contributed by atoms with Crippen LogP contribution in [0.3, 0.4) is 0 Å². The number of phenols is 2. The van der Waals surface area contributed by atoms with E-state index in [1.165, 1.54) is 12.1 Å². The van der Waals surface area contributed by atoms with Crippen LogP contribution in [0.1, 0.15) is 10.4 Å². The Labute approximate surface area is 80.2 Å². The molecule has 14 heavy (non-hydrogen) atoms. The number of fused-ring (bicyclic) bond motifs is 1. The van der Waals surface area contributed by atoms with Gasteiger partial charge in [-0.3, -0.25) is 4.79 Å². The quantitative estimate of drug-likeness (QED) is 0.673. The molecule has 0 bridgehead atoms. The second kappa shape index (κ2) is 3.03. The second-order valence-electron chi connectivity index (χ2n) is 3.03. The van der Waals surface area contributed by atoms with Crippen LogP contribution in [0.25, 0.3) is 10.8 Å². The normalized spacial score (nSPS) is 10.3. The molecule has 70 valence electrons. The fourth-order valence-corrected chi connectivity index (χ4v) is 1.40. The van der Waals surface area contributed by atoms with Gasteiger partial charge in [-0.2, -0.15) is 0 Å². The minimum absolute atomic E-state index is 0.0656. The van der Waals surface area contributed by atoms with E-state index in [0.29, 0.717) is 11.7 Å². The Morgan fingerprint density at radius 2 is 1.79 bits per heavy atom. The van der Waals surface area contributed by atoms with Crippen molar-refractivity contribution in [2.24, 2.45) is 0 Å². The Balaban J connectivity index is 2.86. The topological polar surface area (TPSA) is 57.5 Å². The number of carbonyl (C=O) groups is 1. The van der Waals surface area contributed by atoms with Crippen LogP contribution in [0.5, 0.6) is 11.5 Å². The van der Waals surface area contributed by atoms with Gasteiger partial charge in [-0.15, -0.1) is 0 Å². The van der Waals surface area contributed by atoms with Gasteiger partial charge < -0.3 is 10.2 Å². The van der Waals surface area contributed by atoms with Gasteiger partial charge >= 0.3 is 0 Å². The molecule has 2 rings (SSSR count). The van der Waals surface area contributed by atoms with Gasteiger partial charge in [0.15, 0.2) is 6.29 Å². The zero-order valence-corrected chi connectivity index (χ0v) is 7.27. The molecule has 0 aliphatic rings. The number of benzene rings is 2. The summed E-state index contributed by atoms with van der Waals surface area (Å²) in [6, 6.07) is 7.90. The minimum Gasteiger partial charge on any atom is -0.508 e. The van der Waals surface area contributed by atoms with Crippen molar-refractivity contribution < 1.29 is 15.0 Å². The molecule has 0 saturated carbocycles. The van der Waals surface area contributed by atoms with E-state index in [-0.39, 0.29) is 17.1 Å². The monoisotopic (exact) mass is 188 g/mol. The first kappa shape index (κ1) is 8.56. The Hall–Kier alpha value is -2.03. The van der Waals surface area contributed by atoms with Crippen molar-refractivity contribution in [2.75, 3.05) is 0 Å². The standard InChI is InChI=1S/C11H8O3/c12-6-8-2-1-7-3-4-9(13)5-10(7)11(8)14/h1-6,13-14H. The van der Waals surface area contributed by atoms with E-state index in [1.807, 2.05) is 0 Å². The summed E-state index contributed by atoms with van der Waals surface area (Å²) in [6.45, 7) is 0. The van der Waals surface area contributed by atoms with Gasteiger partial charge in [0.25, 0.3) is 0 Å². The molecule has 3 heteroatoms. The van der Waals surface area contributed by atoms with E-state index in [1.54, 1.807) is 18.2 Å². The maximum atomic E-state index is 10.5. The third-order valence-corrected chi connectivity index (χ3v) is 2.13. The molecule has 0 atom stereocenters. The predicted molar refractivity (Wildman–Crippen MR) is 52.7 cm³/mol. The average Bonchev–Trinajstić information content (AvgIpc) is 2.20. The molecule has 0 amide bonds. The lowest BCUT2D eigenvalue weighted by molar-refractivity contribution is 0.112. The minimum atomic E-state index is -0.0894. The van der Waals surface area contributed by atoms with E-state index in [4.69, 9.17) is 0 Å². The molecule has 2 aromatic carbocycles. The molecule has 0 aromatic heterocycles. The third kappa shape index (κ3) is 1.19. The van der Waals surface area contributed by atoms with Crippen LogP contribution in [-0.4, -0.2) is 16.5 Å². The fourth-order valence-electron chi connectivity index (χ4n) is 1.40. The molecule has 0 radical (unpaired) electrons. The molecule has 0 saturated heterocycles. The molecule has 3 nitrogen and oxygen atoms in total. The zero-order chi connectivity index (χ0) is 10.1. The summed E-state index contributed by atoms with van der Waals surface area (Å²) in [5.41, 5.74) is 0.225. The fraction of sp³-hybridized carbons (Fsp3) is 0. The first-order valence-corrected chi connectivity index (χ1v) is 4.12. The number of aromatic hydroxyl groups is 2. The number of hydrogen-bond donors (Lipinski definition) is 2. The summed E-state index contributed by atoms with van der Waals surface area (Å²) in [6.07, 6.45) is 0.582. The van der Waals surface area contributed by atoms with E-state index < -0.39 is 0 Å². The SMILES string of the molecule is O=Cc1ccc2ccc(O)cc2c1O. The zero-order valence-electron chi connectivity index (χ0n) is 7.27. The molecular formula is C11H8O3. The lowest BCUT2D eigenvalue weighted by atomic mass is 10.1. The van der Waals surface area contributed by atoms with Crippen molar-refractivity contribution in [1.29, 1.82) is 0 Å². The van der Waals surface area contributed by atoms with Crippen LogP contribution >= 0.6 is 0 Å². The van der Waals surface area contributed by atoms with Crippen molar-refractivity contribution in [3.05, 3.63) is 35.9 Å². The van der Waals surface area contributed by atoms with Gasteiger partial charge in [-0.1, -0.05) is 12.1 Å². The number of rotatable bonds is 1. The molecule has 0 aliphatic heterocycles. The average molecular weight is 188 g/mol. The van der Waals surface area contributed by atoms with Gasteiger partial charge in [-0.25, -0.2) is 0 Å².